The molecule has 0 spiro atoms. The van der Waals surface area contributed by atoms with Crippen molar-refractivity contribution < 1.29 is 23.8 Å². The molecule has 23 heavy (non-hydrogen) atoms. The maximum absolute atomic E-state index is 12.3. The average molecular weight is 322 g/mol. The molecule has 1 aliphatic heterocycles. The number of carbonyl (C=O) groups excluding carboxylic acids is 2. The van der Waals surface area contributed by atoms with Crippen LogP contribution >= 0.6 is 0 Å². The number of nitrogens with one attached hydrogen (secondary N) is 1. The van der Waals surface area contributed by atoms with Crippen molar-refractivity contribution in [1.82, 2.24) is 4.90 Å². The van der Waals surface area contributed by atoms with Crippen molar-refractivity contribution in [1.29, 1.82) is 0 Å². The smallest absolute Gasteiger partial charge is 0.314 e. The van der Waals surface area contributed by atoms with Crippen molar-refractivity contribution in [3.63, 3.8) is 0 Å². The average Bonchev–Trinajstić information content (AvgIpc) is 2.53. The van der Waals surface area contributed by atoms with Crippen molar-refractivity contribution in [3.8, 4) is 11.5 Å². The van der Waals surface area contributed by atoms with Crippen molar-refractivity contribution in [2.45, 2.75) is 26.1 Å². The van der Waals surface area contributed by atoms with E-state index in [0.717, 1.165) is 0 Å². The second-order valence-electron chi connectivity index (χ2n) is 5.49. The van der Waals surface area contributed by atoms with Crippen molar-refractivity contribution in [3.05, 3.63) is 18.2 Å². The van der Waals surface area contributed by atoms with E-state index < -0.39 is 11.8 Å². The van der Waals surface area contributed by atoms with Gasteiger partial charge in [0.15, 0.2) is 0 Å². The summed E-state index contributed by atoms with van der Waals surface area (Å²) in [5.74, 6) is -0.254. The van der Waals surface area contributed by atoms with Crippen LogP contribution in [0.3, 0.4) is 0 Å². The molecule has 1 aliphatic rings. The van der Waals surface area contributed by atoms with Gasteiger partial charge in [-0.2, -0.15) is 0 Å². The summed E-state index contributed by atoms with van der Waals surface area (Å²) in [6.45, 7) is 4.55. The van der Waals surface area contributed by atoms with Gasteiger partial charge in [-0.25, -0.2) is 0 Å². The van der Waals surface area contributed by atoms with Gasteiger partial charge in [0.1, 0.15) is 11.5 Å². The first kappa shape index (κ1) is 17.1. The van der Waals surface area contributed by atoms with Gasteiger partial charge in [-0.15, -0.1) is 0 Å². The molecule has 1 heterocycles. The molecule has 1 saturated heterocycles. The van der Waals surface area contributed by atoms with E-state index >= 15 is 0 Å². The topological polar surface area (TPSA) is 77.1 Å². The molecule has 0 aromatic heterocycles. The predicted molar refractivity (Wildman–Crippen MR) is 84.8 cm³/mol. The fourth-order valence-corrected chi connectivity index (χ4v) is 2.56. The van der Waals surface area contributed by atoms with Crippen LogP contribution in [0.4, 0.5) is 5.69 Å². The van der Waals surface area contributed by atoms with Crippen LogP contribution in [0.5, 0.6) is 11.5 Å². The van der Waals surface area contributed by atoms with E-state index in [9.17, 15) is 9.59 Å². The maximum atomic E-state index is 12.3. The molecule has 1 fully saturated rings. The highest BCUT2D eigenvalue weighted by Crippen LogP contribution is 2.29. The summed E-state index contributed by atoms with van der Waals surface area (Å²) < 4.78 is 15.9. The van der Waals surface area contributed by atoms with Crippen molar-refractivity contribution >= 4 is 17.5 Å². The molecule has 0 aliphatic carbocycles. The zero-order valence-corrected chi connectivity index (χ0v) is 13.8. The second-order valence-corrected chi connectivity index (χ2v) is 5.49. The number of nitrogens with zero attached hydrogens (tertiary/aromatic N) is 1. The molecule has 0 radical (unpaired) electrons. The Hall–Kier alpha value is -2.28. The summed E-state index contributed by atoms with van der Waals surface area (Å²) in [7, 11) is 3.02. The van der Waals surface area contributed by atoms with Crippen molar-refractivity contribution in [2.75, 3.05) is 32.6 Å². The highest BCUT2D eigenvalue weighted by Gasteiger charge is 2.30. The normalized spacial score (nSPS) is 20.8. The fourth-order valence-electron chi connectivity index (χ4n) is 2.56. The van der Waals surface area contributed by atoms with Gasteiger partial charge in [0.05, 0.1) is 32.1 Å². The molecule has 2 amide bonds. The molecule has 0 bridgehead atoms. The van der Waals surface area contributed by atoms with E-state index in [1.807, 2.05) is 13.8 Å². The zero-order valence-electron chi connectivity index (χ0n) is 13.8. The van der Waals surface area contributed by atoms with E-state index in [0.29, 0.717) is 30.3 Å². The summed E-state index contributed by atoms with van der Waals surface area (Å²) in [5.41, 5.74) is 0.418. The molecule has 7 heteroatoms. The highest BCUT2D eigenvalue weighted by molar-refractivity contribution is 6.39. The number of methoxy groups -OCH3 is 2. The maximum Gasteiger partial charge on any atom is 0.314 e. The lowest BCUT2D eigenvalue weighted by Gasteiger charge is -2.34. The molecule has 7 nitrogen and oxygen atoms in total. The summed E-state index contributed by atoms with van der Waals surface area (Å²) >= 11 is 0. The van der Waals surface area contributed by atoms with Gasteiger partial charge in [-0.3, -0.25) is 9.59 Å². The lowest BCUT2D eigenvalue weighted by Crippen LogP contribution is -2.51. The standard InChI is InChI=1S/C16H22N2O5/c1-10-8-18(9-11(2)23-10)16(20)15(19)17-13-6-5-12(21-3)7-14(13)22-4/h5-7,10-11H,8-9H2,1-4H3,(H,17,19). The first-order valence-corrected chi connectivity index (χ1v) is 7.42. The van der Waals surface area contributed by atoms with E-state index in [1.165, 1.54) is 19.1 Å². The Morgan fingerprint density at radius 2 is 1.83 bits per heavy atom. The lowest BCUT2D eigenvalue weighted by molar-refractivity contribution is -0.151. The third kappa shape index (κ3) is 4.13. The van der Waals surface area contributed by atoms with Gasteiger partial charge in [0, 0.05) is 19.2 Å². The largest absolute Gasteiger partial charge is 0.497 e. The summed E-state index contributed by atoms with van der Waals surface area (Å²) in [4.78, 5) is 26.0. The van der Waals surface area contributed by atoms with E-state index in [4.69, 9.17) is 14.2 Å². The minimum atomic E-state index is -0.699. The lowest BCUT2D eigenvalue weighted by atomic mass is 10.2. The van der Waals surface area contributed by atoms with Crippen LogP contribution < -0.4 is 14.8 Å². The molecule has 0 saturated carbocycles. The minimum Gasteiger partial charge on any atom is -0.497 e. The third-order valence-corrected chi connectivity index (χ3v) is 3.56. The van der Waals surface area contributed by atoms with E-state index in [1.54, 1.807) is 18.2 Å². The Labute approximate surface area is 135 Å². The molecule has 126 valence electrons. The molecule has 1 aromatic rings. The number of morpholine rings is 1. The van der Waals surface area contributed by atoms with Gasteiger partial charge in [-0.05, 0) is 26.0 Å². The highest BCUT2D eigenvalue weighted by atomic mass is 16.5. The number of carbonyl (C=O) groups is 2. The van der Waals surface area contributed by atoms with Crippen LogP contribution in [0.2, 0.25) is 0 Å². The van der Waals surface area contributed by atoms with Gasteiger partial charge in [0.25, 0.3) is 0 Å². The summed E-state index contributed by atoms with van der Waals surface area (Å²) in [6.07, 6.45) is -0.183. The third-order valence-electron chi connectivity index (χ3n) is 3.56. The second kappa shape index (κ2) is 7.32. The van der Waals surface area contributed by atoms with E-state index in [2.05, 4.69) is 5.32 Å². The Morgan fingerprint density at radius 3 is 2.39 bits per heavy atom. The monoisotopic (exact) mass is 322 g/mol. The van der Waals surface area contributed by atoms with Crippen LogP contribution in [0.15, 0.2) is 18.2 Å². The SMILES string of the molecule is COc1ccc(NC(=O)C(=O)N2CC(C)OC(C)C2)c(OC)c1. The number of benzene rings is 1. The number of amides is 2. The van der Waals surface area contributed by atoms with Crippen LogP contribution in [-0.2, 0) is 14.3 Å². The fraction of sp³-hybridized carbons (Fsp3) is 0.500. The molecule has 2 atom stereocenters. The van der Waals surface area contributed by atoms with Crippen LogP contribution in [0, 0.1) is 0 Å². The number of rotatable bonds is 3. The number of anilines is 1. The molecule has 2 rings (SSSR count). The number of hydrogen-bond donors (Lipinski definition) is 1. The summed E-state index contributed by atoms with van der Waals surface area (Å²) in [6, 6.07) is 4.95. The molecule has 1 N–H and O–H groups in total. The van der Waals surface area contributed by atoms with Gasteiger partial charge < -0.3 is 24.4 Å². The zero-order chi connectivity index (χ0) is 17.0. The van der Waals surface area contributed by atoms with Gasteiger partial charge in [0.2, 0.25) is 0 Å². The first-order chi connectivity index (χ1) is 10.9. The summed E-state index contributed by atoms with van der Waals surface area (Å²) in [5, 5.41) is 2.59. The molecule has 1 aromatic carbocycles. The molecule has 2 unspecified atom stereocenters. The van der Waals surface area contributed by atoms with Gasteiger partial charge in [-0.1, -0.05) is 0 Å². The molecular weight excluding hydrogens is 300 g/mol. The predicted octanol–water partition coefficient (Wildman–Crippen LogP) is 1.28. The van der Waals surface area contributed by atoms with Crippen LogP contribution in [-0.4, -0.2) is 56.2 Å². The van der Waals surface area contributed by atoms with Crippen LogP contribution in [0.1, 0.15) is 13.8 Å². The Bertz CT molecular complexity index is 580. The minimum absolute atomic E-state index is 0.0916. The molecular formula is C16H22N2O5. The quantitative estimate of drug-likeness (QED) is 0.848. The Balaban J connectivity index is 2.08. The van der Waals surface area contributed by atoms with Crippen LogP contribution in [0.25, 0.3) is 0 Å². The first-order valence-electron chi connectivity index (χ1n) is 7.42. The number of ether oxygens (including phenoxy) is 3. The number of hydrogen-bond acceptors (Lipinski definition) is 5. The Kier molecular flexibility index (Phi) is 5.44. The van der Waals surface area contributed by atoms with Crippen molar-refractivity contribution in [2.24, 2.45) is 0 Å². The van der Waals surface area contributed by atoms with Gasteiger partial charge >= 0.3 is 11.8 Å². The Morgan fingerprint density at radius 1 is 1.17 bits per heavy atom. The van der Waals surface area contributed by atoms with E-state index in [-0.39, 0.29) is 12.2 Å².